The fraction of sp³-hybridized carbons (Fsp3) is 0.292. The van der Waals surface area contributed by atoms with E-state index >= 15 is 0 Å². The number of rotatable bonds is 10. The summed E-state index contributed by atoms with van der Waals surface area (Å²) in [6, 6.07) is 10.8. The highest BCUT2D eigenvalue weighted by atomic mass is 79.9. The number of hydrogen-bond acceptors (Lipinski definition) is 6. The summed E-state index contributed by atoms with van der Waals surface area (Å²) in [6.07, 6.45) is 4.31. The third kappa shape index (κ3) is 7.31. The SMILES string of the molecule is CCOc1ccc(NC(=O)CCCCCN2C(=O)/C(=C/c3cc(Br)cc(Br)c3O)SC2=S)cc1. The predicted molar refractivity (Wildman–Crippen MR) is 148 cm³/mol. The smallest absolute Gasteiger partial charge is 0.266 e. The van der Waals surface area contributed by atoms with Crippen LogP contribution in [-0.4, -0.2) is 39.3 Å². The molecule has 0 atom stereocenters. The first-order chi connectivity index (χ1) is 16.3. The Morgan fingerprint density at radius 2 is 1.94 bits per heavy atom. The second-order valence-electron chi connectivity index (χ2n) is 7.48. The first kappa shape index (κ1) is 26.7. The Kier molecular flexibility index (Phi) is 9.99. The summed E-state index contributed by atoms with van der Waals surface area (Å²) in [5.74, 6) is 0.626. The van der Waals surface area contributed by atoms with E-state index in [2.05, 4.69) is 37.2 Å². The van der Waals surface area contributed by atoms with Crippen LogP contribution >= 0.6 is 55.8 Å². The van der Waals surface area contributed by atoms with Crippen LogP contribution in [0.3, 0.4) is 0 Å². The molecule has 0 saturated carbocycles. The third-order valence-electron chi connectivity index (χ3n) is 4.95. The molecular weight excluding hydrogens is 604 g/mol. The fourth-order valence-electron chi connectivity index (χ4n) is 3.29. The maximum atomic E-state index is 12.8. The standard InChI is InChI=1S/C24H24Br2N2O4S2/c1-2-32-18-9-7-17(8-10-18)27-21(29)6-4-3-5-11-28-23(31)20(34-24(28)33)13-15-12-16(25)14-19(26)22(15)30/h7-10,12-14,30H,2-6,11H2,1H3,(H,27,29)/b20-13-. The van der Waals surface area contributed by atoms with Gasteiger partial charge in [-0.15, -0.1) is 0 Å². The van der Waals surface area contributed by atoms with Gasteiger partial charge in [-0.1, -0.05) is 46.3 Å². The van der Waals surface area contributed by atoms with E-state index in [0.717, 1.165) is 28.8 Å². The van der Waals surface area contributed by atoms with Gasteiger partial charge in [0.1, 0.15) is 15.8 Å². The average Bonchev–Trinajstić information content (AvgIpc) is 3.05. The van der Waals surface area contributed by atoms with E-state index in [4.69, 9.17) is 17.0 Å². The van der Waals surface area contributed by atoms with E-state index in [1.54, 1.807) is 23.1 Å². The molecule has 180 valence electrons. The number of phenols is 1. The summed E-state index contributed by atoms with van der Waals surface area (Å²) in [6.45, 7) is 3.02. The van der Waals surface area contributed by atoms with Crippen molar-refractivity contribution in [3.63, 3.8) is 0 Å². The summed E-state index contributed by atoms with van der Waals surface area (Å²) >= 11 is 13.3. The number of unbranched alkanes of at least 4 members (excludes halogenated alkanes) is 2. The van der Waals surface area contributed by atoms with Crippen molar-refractivity contribution < 1.29 is 19.4 Å². The number of carbonyl (C=O) groups is 2. The van der Waals surface area contributed by atoms with Crippen molar-refractivity contribution in [1.82, 2.24) is 4.90 Å². The van der Waals surface area contributed by atoms with E-state index in [-0.39, 0.29) is 17.6 Å². The van der Waals surface area contributed by atoms with E-state index < -0.39 is 0 Å². The summed E-state index contributed by atoms with van der Waals surface area (Å²) in [5.41, 5.74) is 1.27. The zero-order chi connectivity index (χ0) is 24.7. The van der Waals surface area contributed by atoms with Crippen LogP contribution < -0.4 is 10.1 Å². The maximum absolute atomic E-state index is 12.8. The second-order valence-corrected chi connectivity index (χ2v) is 10.9. The number of nitrogens with zero attached hydrogens (tertiary/aromatic N) is 1. The molecule has 0 spiro atoms. The molecule has 0 radical (unpaired) electrons. The summed E-state index contributed by atoms with van der Waals surface area (Å²) in [5, 5.41) is 13.1. The molecule has 0 aliphatic carbocycles. The van der Waals surface area contributed by atoms with Crippen LogP contribution in [0, 0.1) is 0 Å². The van der Waals surface area contributed by atoms with Gasteiger partial charge < -0.3 is 15.2 Å². The number of benzene rings is 2. The van der Waals surface area contributed by atoms with Crippen LogP contribution in [0.15, 0.2) is 50.2 Å². The largest absolute Gasteiger partial charge is 0.506 e. The van der Waals surface area contributed by atoms with Gasteiger partial charge in [0.25, 0.3) is 5.91 Å². The lowest BCUT2D eigenvalue weighted by Crippen LogP contribution is -2.29. The van der Waals surface area contributed by atoms with Crippen molar-refractivity contribution in [2.24, 2.45) is 0 Å². The summed E-state index contributed by atoms with van der Waals surface area (Å²) in [7, 11) is 0. The molecule has 1 saturated heterocycles. The van der Waals surface area contributed by atoms with Gasteiger partial charge in [0, 0.05) is 28.7 Å². The van der Waals surface area contributed by atoms with E-state index in [9.17, 15) is 14.7 Å². The molecule has 0 unspecified atom stereocenters. The summed E-state index contributed by atoms with van der Waals surface area (Å²) < 4.78 is 7.21. The minimum atomic E-state index is -0.168. The first-order valence-corrected chi connectivity index (χ1v) is 13.6. The number of halogens is 2. The third-order valence-corrected chi connectivity index (χ3v) is 7.39. The molecule has 2 aromatic carbocycles. The Morgan fingerprint density at radius 1 is 1.21 bits per heavy atom. The van der Waals surface area contributed by atoms with Crippen LogP contribution in [0.25, 0.3) is 6.08 Å². The number of anilines is 1. The molecule has 6 nitrogen and oxygen atoms in total. The number of amides is 2. The zero-order valence-corrected chi connectivity index (χ0v) is 23.3. The molecule has 2 aromatic rings. The number of phenolic OH excluding ortho intramolecular Hbond substituents is 1. The van der Waals surface area contributed by atoms with Crippen LogP contribution in [0.1, 0.15) is 38.2 Å². The Morgan fingerprint density at radius 3 is 2.65 bits per heavy atom. The van der Waals surface area contributed by atoms with Gasteiger partial charge in [0.15, 0.2) is 0 Å². The first-order valence-electron chi connectivity index (χ1n) is 10.7. The number of hydrogen-bond donors (Lipinski definition) is 2. The number of thiocarbonyl (C=S) groups is 1. The Hall–Kier alpha value is -1.88. The van der Waals surface area contributed by atoms with Crippen LogP contribution in [-0.2, 0) is 9.59 Å². The van der Waals surface area contributed by atoms with Gasteiger partial charge in [-0.05, 0) is 78.2 Å². The van der Waals surface area contributed by atoms with Crippen molar-refractivity contribution in [3.8, 4) is 11.5 Å². The van der Waals surface area contributed by atoms with Crippen molar-refractivity contribution >= 4 is 83.7 Å². The van der Waals surface area contributed by atoms with Gasteiger partial charge in [0.05, 0.1) is 16.0 Å². The number of aromatic hydroxyl groups is 1. The molecule has 3 rings (SSSR count). The van der Waals surface area contributed by atoms with E-state index in [0.29, 0.717) is 45.3 Å². The monoisotopic (exact) mass is 626 g/mol. The van der Waals surface area contributed by atoms with Crippen LogP contribution in [0.4, 0.5) is 5.69 Å². The minimum absolute atomic E-state index is 0.0438. The lowest BCUT2D eigenvalue weighted by Gasteiger charge is -2.14. The molecule has 2 amide bonds. The van der Waals surface area contributed by atoms with Crippen LogP contribution in [0.5, 0.6) is 11.5 Å². The number of ether oxygens (including phenoxy) is 1. The van der Waals surface area contributed by atoms with Crippen molar-refractivity contribution in [2.45, 2.75) is 32.6 Å². The molecule has 0 bridgehead atoms. The van der Waals surface area contributed by atoms with Gasteiger partial charge in [-0.25, -0.2) is 0 Å². The highest BCUT2D eigenvalue weighted by Gasteiger charge is 2.31. The fourth-order valence-corrected chi connectivity index (χ4v) is 5.84. The lowest BCUT2D eigenvalue weighted by atomic mass is 10.1. The summed E-state index contributed by atoms with van der Waals surface area (Å²) in [4.78, 5) is 27.0. The molecule has 10 heteroatoms. The normalized spacial score (nSPS) is 14.7. The molecule has 0 aromatic heterocycles. The van der Waals surface area contributed by atoms with Crippen molar-refractivity contribution in [3.05, 3.63) is 55.8 Å². The Bertz CT molecular complexity index is 1110. The minimum Gasteiger partial charge on any atom is -0.506 e. The zero-order valence-electron chi connectivity index (χ0n) is 18.5. The van der Waals surface area contributed by atoms with Crippen LogP contribution in [0.2, 0.25) is 0 Å². The molecule has 2 N–H and O–H groups in total. The molecular formula is C24H24Br2N2O4S2. The highest BCUT2D eigenvalue weighted by molar-refractivity contribution is 9.11. The second kappa shape index (κ2) is 12.7. The predicted octanol–water partition coefficient (Wildman–Crippen LogP) is 6.72. The van der Waals surface area contributed by atoms with Crippen molar-refractivity contribution in [1.29, 1.82) is 0 Å². The average molecular weight is 628 g/mol. The number of nitrogens with one attached hydrogen (secondary N) is 1. The molecule has 1 aliphatic heterocycles. The van der Waals surface area contributed by atoms with Crippen molar-refractivity contribution in [2.75, 3.05) is 18.5 Å². The Balaban J connectivity index is 1.44. The quantitative estimate of drug-likeness (QED) is 0.173. The van der Waals surface area contributed by atoms with Gasteiger partial charge in [-0.2, -0.15) is 0 Å². The molecule has 1 aliphatic rings. The van der Waals surface area contributed by atoms with Gasteiger partial charge in [-0.3, -0.25) is 14.5 Å². The van der Waals surface area contributed by atoms with E-state index in [1.807, 2.05) is 31.2 Å². The van der Waals surface area contributed by atoms with E-state index in [1.165, 1.54) is 11.8 Å². The van der Waals surface area contributed by atoms with Gasteiger partial charge >= 0.3 is 0 Å². The molecule has 34 heavy (non-hydrogen) atoms. The topological polar surface area (TPSA) is 78.9 Å². The van der Waals surface area contributed by atoms with Gasteiger partial charge in [0.2, 0.25) is 5.91 Å². The molecule has 1 fully saturated rings. The maximum Gasteiger partial charge on any atom is 0.266 e. The number of thioether (sulfide) groups is 1. The highest BCUT2D eigenvalue weighted by Crippen LogP contribution is 2.37. The molecule has 1 heterocycles. The number of carbonyl (C=O) groups excluding carboxylic acids is 2. The lowest BCUT2D eigenvalue weighted by molar-refractivity contribution is -0.122. The Labute approximate surface area is 225 Å².